The molecule has 8 rings (SSSR count). The molecule has 0 aliphatic carbocycles. The Bertz CT molecular complexity index is 2510. The van der Waals surface area contributed by atoms with Crippen molar-refractivity contribution < 1.29 is 66.9 Å². The molecule has 14 heteroatoms. The van der Waals surface area contributed by atoms with Crippen LogP contribution in [0.15, 0.2) is 170 Å². The molecule has 2 fully saturated rings. The van der Waals surface area contributed by atoms with Crippen LogP contribution in [0.3, 0.4) is 0 Å². The summed E-state index contributed by atoms with van der Waals surface area (Å²) in [5.41, 5.74) is 1.82. The number of phenols is 1. The van der Waals surface area contributed by atoms with Crippen molar-refractivity contribution in [1.82, 2.24) is 0 Å². The lowest BCUT2D eigenvalue weighted by molar-refractivity contribution is -0.103. The normalized spacial score (nSPS) is 21.1. The van der Waals surface area contributed by atoms with E-state index in [1.807, 2.05) is 45.0 Å². The van der Waals surface area contributed by atoms with Gasteiger partial charge in [0.2, 0.25) is 6.29 Å². The molecule has 0 radical (unpaired) electrons. The topological polar surface area (TPSA) is 172 Å². The van der Waals surface area contributed by atoms with Crippen molar-refractivity contribution in [2.75, 3.05) is 27.4 Å². The summed E-state index contributed by atoms with van der Waals surface area (Å²) >= 11 is 0. The summed E-state index contributed by atoms with van der Waals surface area (Å²) in [4.78, 5) is 49.7. The Morgan fingerprint density at radius 2 is 0.797 bits per heavy atom. The summed E-state index contributed by atoms with van der Waals surface area (Å²) in [5, 5.41) is 8.80. The molecule has 0 unspecified atom stereocenters. The van der Waals surface area contributed by atoms with Crippen LogP contribution in [0, 0.1) is 11.8 Å². The smallest absolute Gasteiger partial charge is 0.338 e. The van der Waals surface area contributed by atoms with Crippen LogP contribution < -0.4 is 14.2 Å². The van der Waals surface area contributed by atoms with Gasteiger partial charge in [-0.1, -0.05) is 86.6 Å². The fourth-order valence-corrected chi connectivity index (χ4v) is 7.25. The van der Waals surface area contributed by atoms with Crippen molar-refractivity contribution in [3.05, 3.63) is 192 Å². The second kappa shape index (κ2) is 25.5. The molecule has 6 aromatic carbocycles. The van der Waals surface area contributed by atoms with E-state index in [4.69, 9.17) is 47.7 Å². The average molecular weight is 941 g/mol. The number of ether oxygens (including phenoxy) is 9. The standard InChI is InChI=1S/C27H26O7.C21H22O5.C7H8O2/c1-18-24(34-26(29)20-11-7-4-8-12-20)23(17-31-25(28)19-9-5-3-6-10-19)33-27(18)32-22-15-13-21(30-2)14-16-22;1-14-15(2)25-18(13-24-20(22)16-9-5-3-6-10-16)19(14)26-21(23)17-11-7-4-8-12-17;1-9-7-4-2-6(8)3-5-7/h3-16,18,23-24,27H,17H2,1-2H3;3-12,14-15,18-19H,13H2,1-2H3;2-5,8H,1H3/t18-,23-,24+,27-;14-,15-,18+,19-;/m10./s1. The molecular formula is C55H56O14. The van der Waals surface area contributed by atoms with Crippen LogP contribution in [0.4, 0.5) is 0 Å². The lowest BCUT2D eigenvalue weighted by Crippen LogP contribution is -2.35. The highest BCUT2D eigenvalue weighted by atomic mass is 16.7. The number of benzene rings is 6. The maximum atomic E-state index is 12.7. The van der Waals surface area contributed by atoms with Gasteiger partial charge in [-0.3, -0.25) is 0 Å². The van der Waals surface area contributed by atoms with E-state index in [2.05, 4.69) is 0 Å². The van der Waals surface area contributed by atoms with Gasteiger partial charge in [0, 0.05) is 5.92 Å². The molecule has 2 saturated heterocycles. The summed E-state index contributed by atoms with van der Waals surface area (Å²) in [6.45, 7) is 5.71. The number of esters is 4. The van der Waals surface area contributed by atoms with Gasteiger partial charge in [0.1, 0.15) is 60.6 Å². The van der Waals surface area contributed by atoms with Crippen molar-refractivity contribution in [2.45, 2.75) is 57.6 Å². The van der Waals surface area contributed by atoms with Crippen LogP contribution in [-0.2, 0) is 28.4 Å². The van der Waals surface area contributed by atoms with Gasteiger partial charge in [-0.15, -0.1) is 0 Å². The molecule has 0 saturated carbocycles. The van der Waals surface area contributed by atoms with Crippen LogP contribution in [0.2, 0.25) is 0 Å². The number of phenolic OH excluding ortho intramolecular Hbond substituents is 1. The summed E-state index contributed by atoms with van der Waals surface area (Å²) in [5.74, 6) is 0.187. The fourth-order valence-electron chi connectivity index (χ4n) is 7.25. The van der Waals surface area contributed by atoms with E-state index >= 15 is 0 Å². The largest absolute Gasteiger partial charge is 0.508 e. The van der Waals surface area contributed by atoms with E-state index in [1.165, 1.54) is 0 Å². The van der Waals surface area contributed by atoms with Crippen LogP contribution in [0.5, 0.6) is 23.0 Å². The quantitative estimate of drug-likeness (QED) is 0.0809. The minimum atomic E-state index is -0.706. The Labute approximate surface area is 401 Å². The molecule has 2 heterocycles. The van der Waals surface area contributed by atoms with E-state index in [1.54, 1.807) is 160 Å². The van der Waals surface area contributed by atoms with E-state index < -0.39 is 54.6 Å². The highest BCUT2D eigenvalue weighted by molar-refractivity contribution is 5.91. The zero-order valence-corrected chi connectivity index (χ0v) is 39.0. The minimum Gasteiger partial charge on any atom is -0.508 e. The van der Waals surface area contributed by atoms with E-state index in [0.29, 0.717) is 33.8 Å². The van der Waals surface area contributed by atoms with Crippen molar-refractivity contribution in [3.63, 3.8) is 0 Å². The number of aromatic hydroxyl groups is 1. The van der Waals surface area contributed by atoms with Crippen LogP contribution in [-0.4, -0.2) is 93.2 Å². The molecule has 69 heavy (non-hydrogen) atoms. The monoisotopic (exact) mass is 940 g/mol. The predicted octanol–water partition coefficient (Wildman–Crippen LogP) is 9.41. The number of carbonyl (C=O) groups is 4. The fraction of sp³-hybridized carbons (Fsp3) is 0.273. The third-order valence-electron chi connectivity index (χ3n) is 11.3. The molecule has 0 bridgehead atoms. The van der Waals surface area contributed by atoms with Gasteiger partial charge in [-0.2, -0.15) is 0 Å². The second-order valence-corrected chi connectivity index (χ2v) is 16.0. The maximum Gasteiger partial charge on any atom is 0.338 e. The first kappa shape index (κ1) is 50.7. The Morgan fingerprint density at radius 1 is 0.449 bits per heavy atom. The summed E-state index contributed by atoms with van der Waals surface area (Å²) < 4.78 is 50.3. The summed E-state index contributed by atoms with van der Waals surface area (Å²) in [7, 11) is 3.18. The molecule has 0 aromatic heterocycles. The Hall–Kier alpha value is -7.68. The molecule has 8 atom stereocenters. The highest BCUT2D eigenvalue weighted by Crippen LogP contribution is 2.34. The van der Waals surface area contributed by atoms with E-state index in [-0.39, 0.29) is 36.9 Å². The lowest BCUT2D eigenvalue weighted by Gasteiger charge is -2.21. The Balaban J connectivity index is 0.000000196. The van der Waals surface area contributed by atoms with Gasteiger partial charge in [0.25, 0.3) is 0 Å². The minimum absolute atomic E-state index is 0.00286. The molecule has 2 aliphatic heterocycles. The number of methoxy groups -OCH3 is 2. The van der Waals surface area contributed by atoms with Crippen LogP contribution in [0.1, 0.15) is 62.2 Å². The van der Waals surface area contributed by atoms with Crippen molar-refractivity contribution in [3.8, 4) is 23.0 Å². The van der Waals surface area contributed by atoms with E-state index in [9.17, 15) is 19.2 Å². The molecule has 0 amide bonds. The number of rotatable bonds is 14. The molecule has 2 aliphatic rings. The summed E-state index contributed by atoms with van der Waals surface area (Å²) in [6, 6.07) is 48.6. The molecule has 360 valence electrons. The number of hydrogen-bond acceptors (Lipinski definition) is 14. The van der Waals surface area contributed by atoms with Crippen LogP contribution in [0.25, 0.3) is 0 Å². The lowest BCUT2D eigenvalue weighted by atomic mass is 9.99. The molecule has 6 aromatic rings. The highest BCUT2D eigenvalue weighted by Gasteiger charge is 2.47. The maximum absolute atomic E-state index is 12.7. The van der Waals surface area contributed by atoms with Gasteiger partial charge in [0.15, 0.2) is 0 Å². The van der Waals surface area contributed by atoms with Gasteiger partial charge in [-0.05, 0) is 104 Å². The zero-order valence-electron chi connectivity index (χ0n) is 39.0. The SMILES string of the molecule is COc1ccc(O)cc1.COc1ccc(O[C@@H]2O[C@H](COC(=O)c3ccccc3)[C@@H](OC(=O)c3ccccc3)[C@H]2C)cc1.C[C@@H]1[C@H](OC(=O)c2ccccc2)[C@@H](COC(=O)c2ccccc2)O[C@H]1C. The third kappa shape index (κ3) is 14.7. The first-order valence-electron chi connectivity index (χ1n) is 22.3. The number of carbonyl (C=O) groups excluding carboxylic acids is 4. The molecule has 1 N–H and O–H groups in total. The Kier molecular flexibility index (Phi) is 18.7. The van der Waals surface area contributed by atoms with E-state index in [0.717, 1.165) is 5.75 Å². The molecule has 0 spiro atoms. The molecule has 14 nitrogen and oxygen atoms in total. The van der Waals surface area contributed by atoms with Gasteiger partial charge in [-0.25, -0.2) is 19.2 Å². The summed E-state index contributed by atoms with van der Waals surface area (Å²) in [6.07, 6.45) is -3.13. The van der Waals surface area contributed by atoms with Gasteiger partial charge < -0.3 is 47.7 Å². The van der Waals surface area contributed by atoms with Crippen molar-refractivity contribution in [2.24, 2.45) is 11.8 Å². The van der Waals surface area contributed by atoms with Crippen molar-refractivity contribution in [1.29, 1.82) is 0 Å². The first-order valence-corrected chi connectivity index (χ1v) is 22.3. The van der Waals surface area contributed by atoms with Gasteiger partial charge >= 0.3 is 23.9 Å². The number of hydrogen-bond donors (Lipinski definition) is 1. The third-order valence-corrected chi connectivity index (χ3v) is 11.3. The predicted molar refractivity (Wildman–Crippen MR) is 254 cm³/mol. The second-order valence-electron chi connectivity index (χ2n) is 16.0. The van der Waals surface area contributed by atoms with Crippen molar-refractivity contribution >= 4 is 23.9 Å². The van der Waals surface area contributed by atoms with Gasteiger partial charge in [0.05, 0.1) is 48.5 Å². The molecular weight excluding hydrogens is 885 g/mol. The zero-order chi connectivity index (χ0) is 49.1. The first-order chi connectivity index (χ1) is 33.4. The Morgan fingerprint density at radius 3 is 1.20 bits per heavy atom. The average Bonchev–Trinajstić information content (AvgIpc) is 3.84. The van der Waals surface area contributed by atoms with Crippen LogP contribution >= 0.6 is 0 Å².